The van der Waals surface area contributed by atoms with Crippen LogP contribution in [0, 0.1) is 17.0 Å². The molecule has 1 aromatic carbocycles. The summed E-state index contributed by atoms with van der Waals surface area (Å²) >= 11 is 1.50. The van der Waals surface area contributed by atoms with Gasteiger partial charge in [-0.1, -0.05) is 29.8 Å². The lowest BCUT2D eigenvalue weighted by Gasteiger charge is -2.33. The number of nitro groups is 1. The second-order valence-electron chi connectivity index (χ2n) is 6.18. The average molecular weight is 344 g/mol. The van der Waals surface area contributed by atoms with Crippen LogP contribution in [0.1, 0.15) is 22.1 Å². The Hall–Kier alpha value is -2.05. The zero-order valence-electron chi connectivity index (χ0n) is 13.9. The molecule has 0 unspecified atom stereocenters. The van der Waals surface area contributed by atoms with E-state index in [1.165, 1.54) is 17.3 Å². The molecular formula is C18H20N2O3S. The summed E-state index contributed by atoms with van der Waals surface area (Å²) in [5.74, 6) is 0.645. The van der Waals surface area contributed by atoms with E-state index in [9.17, 15) is 10.1 Å². The normalized spacial score (nSPS) is 24.0. The number of nitrogens with zero attached hydrogens (tertiary/aromatic N) is 2. The van der Waals surface area contributed by atoms with Crippen molar-refractivity contribution >= 4 is 16.7 Å². The molecule has 0 saturated heterocycles. The quantitative estimate of drug-likeness (QED) is 0.620. The number of furan rings is 1. The Kier molecular flexibility index (Phi) is 4.78. The molecule has 2 heterocycles. The van der Waals surface area contributed by atoms with Gasteiger partial charge in [-0.25, -0.2) is 0 Å². The number of likely N-dealkylation sites (N-methyl/N-ethyl adjacent to an activating group) is 1. The van der Waals surface area contributed by atoms with Gasteiger partial charge in [0.15, 0.2) is 0 Å². The van der Waals surface area contributed by atoms with E-state index in [0.717, 1.165) is 10.5 Å². The van der Waals surface area contributed by atoms with Gasteiger partial charge < -0.3 is 4.42 Å². The minimum absolute atomic E-state index is 0.187. The lowest BCUT2D eigenvalue weighted by molar-refractivity contribution is -0.528. The SMILES string of the molecule is Cc1ccc(C2=C[C@@H](N(C)C)[C@H]([N+](=O)[O-])[C@@H](c3ccco3)S2)cc1. The van der Waals surface area contributed by atoms with Gasteiger partial charge in [0.05, 0.1) is 12.3 Å². The Morgan fingerprint density at radius 3 is 2.46 bits per heavy atom. The zero-order valence-corrected chi connectivity index (χ0v) is 14.7. The number of thioether (sulfide) groups is 1. The topological polar surface area (TPSA) is 59.5 Å². The second kappa shape index (κ2) is 6.83. The van der Waals surface area contributed by atoms with Crippen molar-refractivity contribution in [3.05, 3.63) is 75.7 Å². The van der Waals surface area contributed by atoms with Crippen LogP contribution in [-0.4, -0.2) is 36.0 Å². The lowest BCUT2D eigenvalue weighted by atomic mass is 9.99. The summed E-state index contributed by atoms with van der Waals surface area (Å²) in [6.07, 6.45) is 3.57. The largest absolute Gasteiger partial charge is 0.468 e. The molecular weight excluding hydrogens is 324 g/mol. The third-order valence-corrected chi connectivity index (χ3v) is 5.63. The van der Waals surface area contributed by atoms with Crippen molar-refractivity contribution in [2.45, 2.75) is 24.3 Å². The third kappa shape index (κ3) is 3.25. The van der Waals surface area contributed by atoms with Crippen LogP contribution in [0.25, 0.3) is 4.91 Å². The summed E-state index contributed by atoms with van der Waals surface area (Å²) in [5.41, 5.74) is 2.27. The van der Waals surface area contributed by atoms with Crippen LogP contribution in [0.2, 0.25) is 0 Å². The second-order valence-corrected chi connectivity index (χ2v) is 7.36. The van der Waals surface area contributed by atoms with E-state index in [1.807, 2.05) is 38.1 Å². The highest BCUT2D eigenvalue weighted by Gasteiger charge is 2.46. The molecule has 3 atom stereocenters. The summed E-state index contributed by atoms with van der Waals surface area (Å²) in [7, 11) is 3.75. The monoisotopic (exact) mass is 344 g/mol. The Morgan fingerprint density at radius 1 is 1.21 bits per heavy atom. The maximum Gasteiger partial charge on any atom is 0.251 e. The molecule has 0 amide bonds. The Bertz CT molecular complexity index is 738. The highest BCUT2D eigenvalue weighted by atomic mass is 32.2. The van der Waals surface area contributed by atoms with Crippen LogP contribution in [-0.2, 0) is 0 Å². The van der Waals surface area contributed by atoms with Crippen molar-refractivity contribution < 1.29 is 9.34 Å². The van der Waals surface area contributed by atoms with E-state index >= 15 is 0 Å². The molecule has 0 saturated carbocycles. The minimum atomic E-state index is -0.759. The molecule has 1 aliphatic rings. The molecule has 1 aliphatic heterocycles. The zero-order chi connectivity index (χ0) is 17.3. The van der Waals surface area contributed by atoms with Gasteiger partial charge in [0.1, 0.15) is 11.0 Å². The minimum Gasteiger partial charge on any atom is -0.468 e. The van der Waals surface area contributed by atoms with Gasteiger partial charge in [0.25, 0.3) is 6.04 Å². The smallest absolute Gasteiger partial charge is 0.251 e. The molecule has 1 aromatic heterocycles. The average Bonchev–Trinajstić information content (AvgIpc) is 3.08. The molecule has 5 nitrogen and oxygen atoms in total. The lowest BCUT2D eigenvalue weighted by Crippen LogP contribution is -2.46. The predicted octanol–water partition coefficient (Wildman–Crippen LogP) is 3.99. The van der Waals surface area contributed by atoms with Crippen LogP contribution in [0.3, 0.4) is 0 Å². The highest BCUT2D eigenvalue weighted by Crippen LogP contribution is 2.48. The number of aryl methyl sites for hydroxylation is 1. The van der Waals surface area contributed by atoms with E-state index in [0.29, 0.717) is 5.76 Å². The van der Waals surface area contributed by atoms with Gasteiger partial charge in [-0.15, -0.1) is 11.8 Å². The van der Waals surface area contributed by atoms with Crippen molar-refractivity contribution in [2.24, 2.45) is 0 Å². The number of benzene rings is 1. The molecule has 6 heteroatoms. The molecule has 0 aliphatic carbocycles. The molecule has 126 valence electrons. The highest BCUT2D eigenvalue weighted by molar-refractivity contribution is 8.08. The van der Waals surface area contributed by atoms with Crippen molar-refractivity contribution in [3.8, 4) is 0 Å². The fraction of sp³-hybridized carbons (Fsp3) is 0.333. The molecule has 24 heavy (non-hydrogen) atoms. The maximum absolute atomic E-state index is 11.8. The van der Waals surface area contributed by atoms with Crippen LogP contribution < -0.4 is 0 Å². The first-order valence-corrected chi connectivity index (χ1v) is 8.64. The number of hydrogen-bond acceptors (Lipinski definition) is 5. The van der Waals surface area contributed by atoms with Gasteiger partial charge in [-0.2, -0.15) is 0 Å². The van der Waals surface area contributed by atoms with Crippen LogP contribution >= 0.6 is 11.8 Å². The van der Waals surface area contributed by atoms with E-state index in [2.05, 4.69) is 24.3 Å². The third-order valence-electron chi connectivity index (χ3n) is 4.24. The van der Waals surface area contributed by atoms with Gasteiger partial charge >= 0.3 is 0 Å². The van der Waals surface area contributed by atoms with E-state index < -0.39 is 6.04 Å². The van der Waals surface area contributed by atoms with E-state index in [4.69, 9.17) is 4.42 Å². The molecule has 0 fully saturated rings. The molecule has 0 bridgehead atoms. The first-order valence-electron chi connectivity index (χ1n) is 7.76. The van der Waals surface area contributed by atoms with Gasteiger partial charge in [-0.05, 0) is 44.8 Å². The van der Waals surface area contributed by atoms with Crippen molar-refractivity contribution in [1.82, 2.24) is 4.90 Å². The van der Waals surface area contributed by atoms with Crippen molar-refractivity contribution in [3.63, 3.8) is 0 Å². The summed E-state index contributed by atoms with van der Waals surface area (Å²) in [6, 6.07) is 10.8. The Labute approximate surface area is 145 Å². The summed E-state index contributed by atoms with van der Waals surface area (Å²) < 4.78 is 5.51. The predicted molar refractivity (Wildman–Crippen MR) is 96.5 cm³/mol. The summed E-state index contributed by atoms with van der Waals surface area (Å²) in [5, 5.41) is 11.4. The van der Waals surface area contributed by atoms with Crippen molar-refractivity contribution in [1.29, 1.82) is 0 Å². The van der Waals surface area contributed by atoms with E-state index in [1.54, 1.807) is 12.3 Å². The Morgan fingerprint density at radius 2 is 1.92 bits per heavy atom. The molecule has 0 spiro atoms. The standard InChI is InChI=1S/C18H20N2O3S/c1-12-6-8-13(9-7-12)16-11-14(19(2)3)17(20(21)22)18(24-16)15-5-4-10-23-15/h4-11,14,17-18H,1-3H3/t14-,17+,18-/m1/s1. The Balaban J connectivity index is 2.06. The van der Waals surface area contributed by atoms with Gasteiger partial charge in [-0.3, -0.25) is 15.0 Å². The van der Waals surface area contributed by atoms with Crippen LogP contribution in [0.5, 0.6) is 0 Å². The molecule has 0 radical (unpaired) electrons. The fourth-order valence-electron chi connectivity index (χ4n) is 2.93. The number of rotatable bonds is 4. The summed E-state index contributed by atoms with van der Waals surface area (Å²) in [6.45, 7) is 2.04. The van der Waals surface area contributed by atoms with E-state index in [-0.39, 0.29) is 16.2 Å². The van der Waals surface area contributed by atoms with Gasteiger partial charge in [0.2, 0.25) is 0 Å². The number of hydrogen-bond donors (Lipinski definition) is 0. The summed E-state index contributed by atoms with van der Waals surface area (Å²) in [4.78, 5) is 14.5. The van der Waals surface area contributed by atoms with Crippen LogP contribution in [0.15, 0.2) is 53.2 Å². The first-order chi connectivity index (χ1) is 11.5. The van der Waals surface area contributed by atoms with Crippen LogP contribution in [0.4, 0.5) is 0 Å². The van der Waals surface area contributed by atoms with Gasteiger partial charge in [0, 0.05) is 9.83 Å². The molecule has 3 rings (SSSR count). The van der Waals surface area contributed by atoms with Crippen molar-refractivity contribution in [2.75, 3.05) is 14.1 Å². The molecule has 2 aromatic rings. The first kappa shape index (κ1) is 16.8. The molecule has 0 N–H and O–H groups in total. The fourth-order valence-corrected chi connectivity index (χ4v) is 4.34. The maximum atomic E-state index is 11.8.